The molecule has 0 radical (unpaired) electrons. The summed E-state index contributed by atoms with van der Waals surface area (Å²) in [5.41, 5.74) is 4.27. The fraction of sp³-hybridized carbons (Fsp3) is 0.500. The number of hydrogen-bond acceptors (Lipinski definition) is 4. The molecule has 0 unspecified atom stereocenters. The number of nitrogens with zero attached hydrogens (tertiary/aromatic N) is 3. The summed E-state index contributed by atoms with van der Waals surface area (Å²) in [4.78, 5) is 8.08. The molecule has 1 fully saturated rings. The Morgan fingerprint density at radius 2 is 2.10 bits per heavy atom. The molecule has 1 aliphatic heterocycles. The van der Waals surface area contributed by atoms with Crippen LogP contribution in [0.25, 0.3) is 10.9 Å². The van der Waals surface area contributed by atoms with Crippen molar-refractivity contribution in [1.82, 2.24) is 10.2 Å². The Morgan fingerprint density at radius 1 is 1.28 bits per heavy atom. The van der Waals surface area contributed by atoms with Crippen LogP contribution in [0.5, 0.6) is 0 Å². The maximum Gasteiger partial charge on any atom is 0.293 e. The van der Waals surface area contributed by atoms with Gasteiger partial charge in [-0.3, -0.25) is 4.90 Å². The first kappa shape index (κ1) is 21.3. The van der Waals surface area contributed by atoms with Crippen LogP contribution in [0.4, 0.5) is 5.82 Å². The minimum atomic E-state index is 0.689. The molecule has 1 aromatic heterocycles. The standard InChI is InChI=1S/C22H29N5OS/c1-16-6-7-18-14-19(15-23)21(25-20(18)17(16)2)26-9-5-10-27(12-11-26)22(29)24-8-4-13-28-3/h6-7,14H,4-5,8-13H2,1-3H3,(H,24,29)/p+1. The van der Waals surface area contributed by atoms with Crippen LogP contribution in [0.2, 0.25) is 0 Å². The molecule has 2 heterocycles. The summed E-state index contributed by atoms with van der Waals surface area (Å²) in [7, 11) is 1.71. The lowest BCUT2D eigenvalue weighted by Crippen LogP contribution is -2.42. The monoisotopic (exact) mass is 412 g/mol. The fourth-order valence-corrected chi connectivity index (χ4v) is 4.02. The molecule has 2 aromatic rings. The second-order valence-electron chi connectivity index (χ2n) is 7.52. The number of benzene rings is 1. The quantitative estimate of drug-likeness (QED) is 0.601. The first-order valence-electron chi connectivity index (χ1n) is 10.2. The molecule has 0 amide bonds. The summed E-state index contributed by atoms with van der Waals surface area (Å²) < 4.78 is 5.09. The van der Waals surface area contributed by atoms with E-state index in [1.165, 1.54) is 11.1 Å². The van der Waals surface area contributed by atoms with Gasteiger partial charge in [-0.25, -0.2) is 4.98 Å². The maximum atomic E-state index is 9.74. The Labute approximate surface area is 178 Å². The predicted octanol–water partition coefficient (Wildman–Crippen LogP) is 2.57. The first-order valence-corrected chi connectivity index (χ1v) is 10.6. The Bertz CT molecular complexity index is 924. The van der Waals surface area contributed by atoms with Crippen LogP contribution < -0.4 is 15.2 Å². The number of pyridine rings is 1. The molecule has 1 aliphatic rings. The number of thiocarbonyl (C=S) groups is 1. The van der Waals surface area contributed by atoms with Gasteiger partial charge in [0.05, 0.1) is 13.1 Å². The number of rotatable bonds is 5. The van der Waals surface area contributed by atoms with Gasteiger partial charge in [-0.1, -0.05) is 12.1 Å². The Morgan fingerprint density at radius 3 is 2.86 bits per heavy atom. The highest BCUT2D eigenvalue weighted by Gasteiger charge is 2.26. The highest BCUT2D eigenvalue weighted by atomic mass is 32.1. The molecule has 3 rings (SSSR count). The maximum absolute atomic E-state index is 9.74. The van der Waals surface area contributed by atoms with Gasteiger partial charge in [-0.2, -0.15) is 5.26 Å². The minimum Gasteiger partial charge on any atom is -0.385 e. The van der Waals surface area contributed by atoms with Crippen molar-refractivity contribution in [3.8, 4) is 6.07 Å². The number of nitriles is 1. The molecular weight excluding hydrogens is 382 g/mol. The van der Waals surface area contributed by atoms with Gasteiger partial charge in [0.25, 0.3) is 5.82 Å². The summed E-state index contributed by atoms with van der Waals surface area (Å²) in [6.45, 7) is 9.26. The van der Waals surface area contributed by atoms with E-state index in [0.29, 0.717) is 5.56 Å². The van der Waals surface area contributed by atoms with Crippen molar-refractivity contribution in [3.63, 3.8) is 0 Å². The van der Waals surface area contributed by atoms with E-state index in [4.69, 9.17) is 17.0 Å². The minimum absolute atomic E-state index is 0.689. The molecule has 7 heteroatoms. The van der Waals surface area contributed by atoms with Crippen LogP contribution in [-0.2, 0) is 4.74 Å². The molecule has 0 atom stereocenters. The van der Waals surface area contributed by atoms with Crippen LogP contribution in [-0.4, -0.2) is 56.5 Å². The number of nitrogens with one attached hydrogen (secondary N) is 2. The summed E-state index contributed by atoms with van der Waals surface area (Å²) in [5.74, 6) is 0.912. The normalized spacial score (nSPS) is 14.6. The number of aromatic amines is 1. The lowest BCUT2D eigenvalue weighted by atomic mass is 10.0. The molecule has 29 heavy (non-hydrogen) atoms. The van der Waals surface area contributed by atoms with E-state index in [9.17, 15) is 5.26 Å². The van der Waals surface area contributed by atoms with Crippen LogP contribution in [0.1, 0.15) is 29.5 Å². The van der Waals surface area contributed by atoms with Crippen molar-refractivity contribution in [2.24, 2.45) is 0 Å². The van der Waals surface area contributed by atoms with E-state index in [-0.39, 0.29) is 0 Å². The third-order valence-corrected chi connectivity index (χ3v) is 5.99. The van der Waals surface area contributed by atoms with Gasteiger partial charge >= 0.3 is 0 Å². The summed E-state index contributed by atoms with van der Waals surface area (Å²) >= 11 is 5.58. The van der Waals surface area contributed by atoms with Crippen LogP contribution in [0, 0.1) is 25.2 Å². The van der Waals surface area contributed by atoms with Crippen LogP contribution >= 0.6 is 12.2 Å². The molecule has 0 aliphatic carbocycles. The van der Waals surface area contributed by atoms with E-state index in [1.54, 1.807) is 7.11 Å². The number of hydrogen-bond donors (Lipinski definition) is 1. The van der Waals surface area contributed by atoms with E-state index in [1.807, 2.05) is 6.07 Å². The van der Waals surface area contributed by atoms with Crippen LogP contribution in [0.15, 0.2) is 18.2 Å². The number of H-pyrrole nitrogens is 1. The first-order chi connectivity index (χ1) is 14.0. The van der Waals surface area contributed by atoms with Crippen molar-refractivity contribution in [2.45, 2.75) is 26.7 Å². The zero-order chi connectivity index (χ0) is 20.8. The Balaban J connectivity index is 1.76. The van der Waals surface area contributed by atoms with Gasteiger partial charge in [-0.05, 0) is 49.7 Å². The van der Waals surface area contributed by atoms with Gasteiger partial charge in [0.1, 0.15) is 23.7 Å². The van der Waals surface area contributed by atoms with Crippen LogP contribution in [0.3, 0.4) is 0 Å². The largest absolute Gasteiger partial charge is 0.385 e. The van der Waals surface area contributed by atoms with Gasteiger partial charge in [0.2, 0.25) is 0 Å². The Hall–Kier alpha value is -2.43. The van der Waals surface area contributed by atoms with Gasteiger partial charge in [0.15, 0.2) is 5.11 Å². The summed E-state index contributed by atoms with van der Waals surface area (Å²) in [6, 6.07) is 8.56. The fourth-order valence-electron chi connectivity index (χ4n) is 3.73. The second kappa shape index (κ2) is 9.86. The third kappa shape index (κ3) is 4.95. The van der Waals surface area contributed by atoms with Crippen molar-refractivity contribution in [1.29, 1.82) is 5.26 Å². The molecule has 1 saturated heterocycles. The number of fused-ring (bicyclic) bond motifs is 1. The number of anilines is 1. The lowest BCUT2D eigenvalue weighted by Gasteiger charge is -2.23. The molecule has 6 nitrogen and oxygen atoms in total. The molecule has 1 aromatic carbocycles. The number of methoxy groups -OCH3 is 1. The molecule has 154 valence electrons. The SMILES string of the molecule is COCCCNC(=S)N1CCCN(c2[nH+]c3c(C)c(C)ccc3cc2C#N)CC1. The molecule has 0 spiro atoms. The Kier molecular flexibility index (Phi) is 7.24. The summed E-state index contributed by atoms with van der Waals surface area (Å²) in [5, 5.41) is 14.9. The van der Waals surface area contributed by atoms with Crippen molar-refractivity contribution < 1.29 is 9.72 Å². The van der Waals surface area contributed by atoms with Crippen molar-refractivity contribution >= 4 is 34.1 Å². The average Bonchev–Trinajstić information content (AvgIpc) is 2.99. The topological polar surface area (TPSA) is 65.7 Å². The van der Waals surface area contributed by atoms with E-state index in [2.05, 4.69) is 52.2 Å². The van der Waals surface area contributed by atoms with Gasteiger partial charge in [-0.15, -0.1) is 0 Å². The molecule has 0 saturated carbocycles. The lowest BCUT2D eigenvalue weighted by molar-refractivity contribution is -0.331. The van der Waals surface area contributed by atoms with E-state index >= 15 is 0 Å². The number of aryl methyl sites for hydroxylation is 2. The molecule has 2 N–H and O–H groups in total. The van der Waals surface area contributed by atoms with Gasteiger partial charge in [0, 0.05) is 38.6 Å². The highest BCUT2D eigenvalue weighted by molar-refractivity contribution is 7.80. The highest BCUT2D eigenvalue weighted by Crippen LogP contribution is 2.24. The zero-order valence-electron chi connectivity index (χ0n) is 17.5. The second-order valence-corrected chi connectivity index (χ2v) is 7.91. The molecule has 0 bridgehead atoms. The third-order valence-electron chi connectivity index (χ3n) is 5.59. The number of ether oxygens (including phenoxy) is 1. The zero-order valence-corrected chi connectivity index (χ0v) is 18.4. The summed E-state index contributed by atoms with van der Waals surface area (Å²) in [6.07, 6.45) is 1.93. The van der Waals surface area contributed by atoms with Crippen molar-refractivity contribution in [2.75, 3.05) is 51.3 Å². The number of aromatic nitrogens is 1. The van der Waals surface area contributed by atoms with Gasteiger partial charge < -0.3 is 15.0 Å². The molecular formula is C22H30N5OS+. The predicted molar refractivity (Wildman–Crippen MR) is 120 cm³/mol. The average molecular weight is 413 g/mol. The van der Waals surface area contributed by atoms with E-state index < -0.39 is 0 Å². The smallest absolute Gasteiger partial charge is 0.293 e. The van der Waals surface area contributed by atoms with Crippen molar-refractivity contribution in [3.05, 3.63) is 34.9 Å². The van der Waals surface area contributed by atoms with E-state index in [0.717, 1.165) is 74.0 Å².